The highest BCUT2D eigenvalue weighted by atomic mass is 16.5. The summed E-state index contributed by atoms with van der Waals surface area (Å²) in [5.74, 6) is 2.45. The molecular formula is C25H27N5O3. The van der Waals surface area contributed by atoms with Gasteiger partial charge in [0.1, 0.15) is 17.3 Å². The molecule has 0 aliphatic carbocycles. The van der Waals surface area contributed by atoms with Gasteiger partial charge in [-0.05, 0) is 39.0 Å². The van der Waals surface area contributed by atoms with Crippen molar-refractivity contribution in [2.75, 3.05) is 38.2 Å². The van der Waals surface area contributed by atoms with E-state index in [0.717, 1.165) is 39.7 Å². The lowest BCUT2D eigenvalue weighted by molar-refractivity contribution is 0.0743. The molecule has 33 heavy (non-hydrogen) atoms. The van der Waals surface area contributed by atoms with E-state index in [9.17, 15) is 4.79 Å². The fourth-order valence-corrected chi connectivity index (χ4v) is 4.45. The zero-order valence-electron chi connectivity index (χ0n) is 19.3. The Hall–Kier alpha value is -3.81. The number of rotatable bonds is 4. The summed E-state index contributed by atoms with van der Waals surface area (Å²) in [6.45, 7) is 8.69. The average Bonchev–Trinajstić information content (AvgIpc) is 3.45. The van der Waals surface area contributed by atoms with E-state index in [0.29, 0.717) is 37.5 Å². The van der Waals surface area contributed by atoms with Crippen molar-refractivity contribution in [3.8, 4) is 17.0 Å². The van der Waals surface area contributed by atoms with E-state index in [4.69, 9.17) is 19.2 Å². The molecule has 5 rings (SSSR count). The van der Waals surface area contributed by atoms with E-state index in [1.165, 1.54) is 0 Å². The largest absolute Gasteiger partial charge is 0.496 e. The molecule has 1 aliphatic heterocycles. The lowest BCUT2D eigenvalue weighted by atomic mass is 10.1. The van der Waals surface area contributed by atoms with Gasteiger partial charge in [-0.2, -0.15) is 9.61 Å². The van der Waals surface area contributed by atoms with Crippen LogP contribution in [0.2, 0.25) is 0 Å². The third-order valence-electron chi connectivity index (χ3n) is 6.39. The van der Waals surface area contributed by atoms with Gasteiger partial charge in [-0.1, -0.05) is 12.1 Å². The molecule has 170 valence electrons. The van der Waals surface area contributed by atoms with Crippen molar-refractivity contribution in [1.29, 1.82) is 0 Å². The molecule has 4 aromatic rings. The molecule has 8 nitrogen and oxygen atoms in total. The monoisotopic (exact) mass is 445 g/mol. The summed E-state index contributed by atoms with van der Waals surface area (Å²) < 4.78 is 12.8. The van der Waals surface area contributed by atoms with Gasteiger partial charge < -0.3 is 19.0 Å². The zero-order valence-corrected chi connectivity index (χ0v) is 19.3. The molecule has 1 amide bonds. The van der Waals surface area contributed by atoms with Crippen molar-refractivity contribution in [1.82, 2.24) is 19.5 Å². The number of aromatic nitrogens is 3. The molecule has 1 aliphatic rings. The average molecular weight is 446 g/mol. The standard InChI is InChI=1S/C25H27N5O3/c1-16-17(2)26-23-15-21(19-9-14-33-18(19)3)27-30(23)24(16)28-10-12-29(13-11-28)25(31)20-7-5-6-8-22(20)32-4/h5-9,14-15H,10-13H2,1-4H3. The Kier molecular flexibility index (Phi) is 5.28. The first kappa shape index (κ1) is 21.1. The minimum atomic E-state index is -0.00307. The van der Waals surface area contributed by atoms with Gasteiger partial charge in [0.25, 0.3) is 5.91 Å². The number of piperazine rings is 1. The maximum Gasteiger partial charge on any atom is 0.257 e. The second-order valence-electron chi connectivity index (χ2n) is 8.32. The Bertz CT molecular complexity index is 1330. The van der Waals surface area contributed by atoms with Crippen LogP contribution in [0.1, 0.15) is 27.4 Å². The van der Waals surface area contributed by atoms with Gasteiger partial charge in [0.2, 0.25) is 0 Å². The third-order valence-corrected chi connectivity index (χ3v) is 6.39. The highest BCUT2D eigenvalue weighted by Crippen LogP contribution is 2.30. The molecular weight excluding hydrogens is 418 g/mol. The number of carbonyl (C=O) groups excluding carboxylic acids is 1. The lowest BCUT2D eigenvalue weighted by Gasteiger charge is -2.37. The SMILES string of the molecule is COc1ccccc1C(=O)N1CCN(c2c(C)c(C)nc3cc(-c4ccoc4C)nn23)CC1. The van der Waals surface area contributed by atoms with Crippen LogP contribution in [0.5, 0.6) is 5.75 Å². The quantitative estimate of drug-likeness (QED) is 0.474. The van der Waals surface area contributed by atoms with Gasteiger partial charge in [-0.3, -0.25) is 4.79 Å². The highest BCUT2D eigenvalue weighted by molar-refractivity contribution is 5.97. The number of fused-ring (bicyclic) bond motifs is 1. The van der Waals surface area contributed by atoms with Crippen LogP contribution >= 0.6 is 0 Å². The predicted molar refractivity (Wildman–Crippen MR) is 126 cm³/mol. The Morgan fingerprint density at radius 3 is 2.52 bits per heavy atom. The molecule has 1 saturated heterocycles. The van der Waals surface area contributed by atoms with Crippen molar-refractivity contribution >= 4 is 17.4 Å². The van der Waals surface area contributed by atoms with Gasteiger partial charge in [0.05, 0.1) is 24.6 Å². The smallest absolute Gasteiger partial charge is 0.257 e. The molecule has 8 heteroatoms. The van der Waals surface area contributed by atoms with Gasteiger partial charge in [-0.25, -0.2) is 4.98 Å². The van der Waals surface area contributed by atoms with E-state index in [-0.39, 0.29) is 5.91 Å². The number of para-hydroxylation sites is 1. The zero-order chi connectivity index (χ0) is 23.1. The summed E-state index contributed by atoms with van der Waals surface area (Å²) in [6, 6.07) is 11.3. The second-order valence-corrected chi connectivity index (χ2v) is 8.32. The van der Waals surface area contributed by atoms with E-state index in [1.54, 1.807) is 13.4 Å². The Morgan fingerprint density at radius 1 is 1.06 bits per heavy atom. The number of methoxy groups -OCH3 is 1. The van der Waals surface area contributed by atoms with Crippen molar-refractivity contribution in [3.63, 3.8) is 0 Å². The highest BCUT2D eigenvalue weighted by Gasteiger charge is 2.27. The Morgan fingerprint density at radius 2 is 1.82 bits per heavy atom. The lowest BCUT2D eigenvalue weighted by Crippen LogP contribution is -2.49. The second kappa shape index (κ2) is 8.27. The molecule has 1 aromatic carbocycles. The topological polar surface area (TPSA) is 76.1 Å². The number of nitrogens with zero attached hydrogens (tertiary/aromatic N) is 5. The first-order valence-electron chi connectivity index (χ1n) is 11.1. The number of carbonyl (C=O) groups is 1. The Balaban J connectivity index is 1.43. The van der Waals surface area contributed by atoms with Crippen LogP contribution in [0.3, 0.4) is 0 Å². The Labute approximate surface area is 192 Å². The number of benzene rings is 1. The van der Waals surface area contributed by atoms with Crippen LogP contribution in [-0.2, 0) is 0 Å². The van der Waals surface area contributed by atoms with Crippen LogP contribution in [-0.4, -0.2) is 58.7 Å². The maximum atomic E-state index is 13.1. The molecule has 1 fully saturated rings. The number of hydrogen-bond acceptors (Lipinski definition) is 6. The van der Waals surface area contributed by atoms with Crippen molar-refractivity contribution in [2.45, 2.75) is 20.8 Å². The van der Waals surface area contributed by atoms with E-state index >= 15 is 0 Å². The fourth-order valence-electron chi connectivity index (χ4n) is 4.45. The minimum Gasteiger partial charge on any atom is -0.496 e. The predicted octanol–water partition coefficient (Wildman–Crippen LogP) is 3.89. The van der Waals surface area contributed by atoms with Crippen LogP contribution < -0.4 is 9.64 Å². The summed E-state index contributed by atoms with van der Waals surface area (Å²) in [7, 11) is 1.59. The summed E-state index contributed by atoms with van der Waals surface area (Å²) in [5.41, 5.74) is 5.26. The number of aryl methyl sites for hydroxylation is 2. The molecule has 3 aromatic heterocycles. The minimum absolute atomic E-state index is 0.00307. The fraction of sp³-hybridized carbons (Fsp3) is 0.320. The molecule has 0 atom stereocenters. The number of hydrogen-bond donors (Lipinski definition) is 0. The first-order valence-corrected chi connectivity index (χ1v) is 11.1. The van der Waals surface area contributed by atoms with Gasteiger partial charge in [0, 0.05) is 49.1 Å². The van der Waals surface area contributed by atoms with E-state index in [2.05, 4.69) is 11.8 Å². The van der Waals surface area contributed by atoms with E-state index in [1.807, 2.05) is 59.7 Å². The molecule has 0 spiro atoms. The maximum absolute atomic E-state index is 13.1. The molecule has 0 N–H and O–H groups in total. The number of furan rings is 1. The van der Waals surface area contributed by atoms with Gasteiger partial charge in [-0.15, -0.1) is 0 Å². The molecule has 0 saturated carbocycles. The van der Waals surface area contributed by atoms with Gasteiger partial charge >= 0.3 is 0 Å². The van der Waals surface area contributed by atoms with Crippen molar-refractivity contribution in [2.24, 2.45) is 0 Å². The summed E-state index contributed by atoms with van der Waals surface area (Å²) >= 11 is 0. The number of anilines is 1. The number of amides is 1. The van der Waals surface area contributed by atoms with Crippen LogP contribution in [0.15, 0.2) is 47.1 Å². The van der Waals surface area contributed by atoms with Crippen molar-refractivity contribution in [3.05, 3.63) is 65.2 Å². The summed E-state index contributed by atoms with van der Waals surface area (Å²) in [4.78, 5) is 22.1. The van der Waals surface area contributed by atoms with Crippen LogP contribution in [0.4, 0.5) is 5.82 Å². The first-order chi connectivity index (χ1) is 16.0. The normalized spacial score (nSPS) is 14.2. The number of ether oxygens (including phenoxy) is 1. The van der Waals surface area contributed by atoms with Crippen molar-refractivity contribution < 1.29 is 13.9 Å². The molecule has 0 unspecified atom stereocenters. The van der Waals surface area contributed by atoms with Gasteiger partial charge in [0.15, 0.2) is 5.65 Å². The van der Waals surface area contributed by atoms with Crippen LogP contribution in [0.25, 0.3) is 16.9 Å². The third kappa shape index (κ3) is 3.61. The molecule has 0 radical (unpaired) electrons. The molecule has 4 heterocycles. The summed E-state index contributed by atoms with van der Waals surface area (Å²) in [6.07, 6.45) is 1.68. The van der Waals surface area contributed by atoms with E-state index < -0.39 is 0 Å². The molecule has 0 bridgehead atoms. The summed E-state index contributed by atoms with van der Waals surface area (Å²) in [5, 5.41) is 4.87. The van der Waals surface area contributed by atoms with Crippen LogP contribution in [0, 0.1) is 20.8 Å².